The van der Waals surface area contributed by atoms with Crippen LogP contribution in [-0.2, 0) is 20.8 Å². The summed E-state index contributed by atoms with van der Waals surface area (Å²) in [6.45, 7) is 2.20. The van der Waals surface area contributed by atoms with Crippen molar-refractivity contribution < 1.29 is 34.6 Å². The molecule has 1 aromatic heterocycles. The lowest BCUT2D eigenvalue weighted by atomic mass is 9.77. The number of likely N-dealkylation sites (N-methyl/N-ethyl adjacent to an activating group) is 2. The maximum Gasteiger partial charge on any atom is 0.249 e. The zero-order valence-corrected chi connectivity index (χ0v) is 18.5. The largest absolute Gasteiger partial charge is 0.390 e. The molecule has 0 bridgehead atoms. The third-order valence-corrected chi connectivity index (χ3v) is 6.82. The normalized spacial score (nSPS) is 46.3. The monoisotopic (exact) mass is 454 g/mol. The van der Waals surface area contributed by atoms with Crippen LogP contribution < -0.4 is 16.0 Å². The second kappa shape index (κ2) is 9.18. The zero-order chi connectivity index (χ0) is 23.1. The second-order valence-corrected chi connectivity index (χ2v) is 8.97. The molecule has 1 aromatic rings. The van der Waals surface area contributed by atoms with Gasteiger partial charge in [-0.15, -0.1) is 0 Å². The van der Waals surface area contributed by atoms with Gasteiger partial charge in [0.1, 0.15) is 23.9 Å². The molecule has 1 aliphatic carbocycles. The molecule has 0 aromatic carbocycles. The van der Waals surface area contributed by atoms with Crippen molar-refractivity contribution in [1.82, 2.24) is 20.9 Å². The average molecular weight is 455 g/mol. The molecule has 1 unspecified atom stereocenters. The molecule has 3 fully saturated rings. The van der Waals surface area contributed by atoms with Crippen LogP contribution in [0.15, 0.2) is 24.5 Å². The number of pyridine rings is 1. The number of hydrogen-bond acceptors (Lipinski definition) is 11. The van der Waals surface area contributed by atoms with Gasteiger partial charge in [0.05, 0.1) is 24.3 Å². The predicted molar refractivity (Wildman–Crippen MR) is 112 cm³/mol. The number of hydrogen-bond donors (Lipinski definition) is 7. The fourth-order valence-electron chi connectivity index (χ4n) is 5.14. The van der Waals surface area contributed by atoms with Gasteiger partial charge in [0, 0.05) is 31.9 Å². The van der Waals surface area contributed by atoms with Crippen LogP contribution in [0.5, 0.6) is 0 Å². The van der Waals surface area contributed by atoms with E-state index < -0.39 is 60.3 Å². The predicted octanol–water partition coefficient (Wildman–Crippen LogP) is -2.58. The minimum Gasteiger partial charge on any atom is -0.390 e. The summed E-state index contributed by atoms with van der Waals surface area (Å²) in [6.07, 6.45) is -2.24. The SMILES string of the molecule is CN[C@@H]1[C@H](O)[C@H](NC)[C@H]2O[C@]3(O)[C@H](OC2[C@H]1O)O[C@H](C)C[C@@]3(O)CNCc1cccnc1. The summed E-state index contributed by atoms with van der Waals surface area (Å²) in [6, 6.07) is 2.38. The van der Waals surface area contributed by atoms with Gasteiger partial charge in [-0.05, 0) is 32.6 Å². The van der Waals surface area contributed by atoms with Crippen molar-refractivity contribution in [3.63, 3.8) is 0 Å². The van der Waals surface area contributed by atoms with E-state index in [1.54, 1.807) is 33.4 Å². The van der Waals surface area contributed by atoms with Crippen molar-refractivity contribution in [3.8, 4) is 0 Å². The Balaban J connectivity index is 1.57. The van der Waals surface area contributed by atoms with Gasteiger partial charge < -0.3 is 50.6 Å². The Bertz CT molecular complexity index is 776. The summed E-state index contributed by atoms with van der Waals surface area (Å²) in [5.41, 5.74) is -0.830. The van der Waals surface area contributed by atoms with Gasteiger partial charge in [-0.2, -0.15) is 0 Å². The second-order valence-electron chi connectivity index (χ2n) is 8.97. The fraction of sp³-hybridized carbons (Fsp3) is 0.762. The lowest BCUT2D eigenvalue weighted by molar-refractivity contribution is -0.482. The van der Waals surface area contributed by atoms with Gasteiger partial charge >= 0.3 is 0 Å². The van der Waals surface area contributed by atoms with E-state index in [4.69, 9.17) is 14.2 Å². The summed E-state index contributed by atoms with van der Waals surface area (Å²) in [5, 5.41) is 53.8. The first-order valence-electron chi connectivity index (χ1n) is 11.0. The minimum absolute atomic E-state index is 0.00217. The Labute approximate surface area is 187 Å². The maximum atomic E-state index is 11.6. The first-order valence-corrected chi connectivity index (χ1v) is 11.0. The molecule has 0 amide bonds. The van der Waals surface area contributed by atoms with Crippen molar-refractivity contribution in [3.05, 3.63) is 30.1 Å². The Morgan fingerprint density at radius 3 is 2.50 bits per heavy atom. The van der Waals surface area contributed by atoms with E-state index in [1.165, 1.54) is 0 Å². The topological polar surface area (TPSA) is 158 Å². The number of aromatic nitrogens is 1. The van der Waals surface area contributed by atoms with E-state index in [0.717, 1.165) is 5.56 Å². The fourth-order valence-corrected chi connectivity index (χ4v) is 5.14. The first kappa shape index (κ1) is 23.9. The van der Waals surface area contributed by atoms with Crippen molar-refractivity contribution in [2.45, 2.75) is 80.2 Å². The summed E-state index contributed by atoms with van der Waals surface area (Å²) in [4.78, 5) is 4.07. The molecule has 2 aliphatic heterocycles. The van der Waals surface area contributed by atoms with Gasteiger partial charge in [-0.3, -0.25) is 4.98 Å². The Hall–Kier alpha value is -1.25. The van der Waals surface area contributed by atoms with Crippen LogP contribution in [0.1, 0.15) is 18.9 Å². The molecule has 7 N–H and O–H groups in total. The Kier molecular flexibility index (Phi) is 6.86. The average Bonchev–Trinajstić information content (AvgIpc) is 2.75. The van der Waals surface area contributed by atoms with Crippen LogP contribution in [0.25, 0.3) is 0 Å². The van der Waals surface area contributed by atoms with Gasteiger partial charge in [0.2, 0.25) is 12.1 Å². The summed E-state index contributed by atoms with van der Waals surface area (Å²) in [5.74, 6) is -2.22. The van der Waals surface area contributed by atoms with Gasteiger partial charge in [0.15, 0.2) is 0 Å². The molecule has 0 radical (unpaired) electrons. The van der Waals surface area contributed by atoms with Crippen LogP contribution >= 0.6 is 0 Å². The van der Waals surface area contributed by atoms with Crippen LogP contribution in [0, 0.1) is 0 Å². The lowest BCUT2D eigenvalue weighted by Gasteiger charge is -2.60. The third-order valence-electron chi connectivity index (χ3n) is 6.82. The highest BCUT2D eigenvalue weighted by atomic mass is 16.8. The van der Waals surface area contributed by atoms with Crippen LogP contribution in [0.2, 0.25) is 0 Å². The molecule has 32 heavy (non-hydrogen) atoms. The van der Waals surface area contributed by atoms with Crippen molar-refractivity contribution in [1.29, 1.82) is 0 Å². The third kappa shape index (κ3) is 3.96. The Morgan fingerprint density at radius 2 is 1.84 bits per heavy atom. The highest BCUT2D eigenvalue weighted by Crippen LogP contribution is 2.46. The first-order chi connectivity index (χ1) is 15.2. The number of aliphatic hydroxyl groups excluding tert-OH is 2. The lowest BCUT2D eigenvalue weighted by Crippen LogP contribution is -2.81. The van der Waals surface area contributed by atoms with E-state index in [2.05, 4.69) is 20.9 Å². The van der Waals surface area contributed by atoms with E-state index >= 15 is 0 Å². The molecule has 4 rings (SSSR count). The van der Waals surface area contributed by atoms with E-state index in [-0.39, 0.29) is 13.0 Å². The number of aliphatic hydroxyl groups is 4. The quantitative estimate of drug-likeness (QED) is 0.242. The molecule has 10 atom stereocenters. The standard InChI is InChI=1S/C21H34N4O7/c1-11-7-20(28,10-25-9-12-5-4-6-24-8-12)21(29)19(30-11)31-18-16(27)13(22-2)15(26)14(23-3)17(18)32-21/h4-6,8,11,13-19,22-23,25-29H,7,9-10H2,1-3H3/t11-,13-,14+,15+,16+,17-,18?,19+,20-,21-/m1/s1. The van der Waals surface area contributed by atoms with Gasteiger partial charge in [-0.1, -0.05) is 6.07 Å². The molecule has 0 spiro atoms. The summed E-state index contributed by atoms with van der Waals surface area (Å²) < 4.78 is 17.9. The number of nitrogens with zero attached hydrogens (tertiary/aromatic N) is 1. The molecule has 11 heteroatoms. The van der Waals surface area contributed by atoms with Crippen LogP contribution in [-0.4, -0.2) is 106 Å². The molecule has 3 heterocycles. The van der Waals surface area contributed by atoms with Crippen LogP contribution in [0.3, 0.4) is 0 Å². The maximum absolute atomic E-state index is 11.6. The molecular formula is C21H34N4O7. The highest BCUT2D eigenvalue weighted by Gasteiger charge is 2.68. The number of fused-ring (bicyclic) bond motifs is 2. The van der Waals surface area contributed by atoms with E-state index in [1.807, 2.05) is 12.1 Å². The zero-order valence-electron chi connectivity index (χ0n) is 18.5. The van der Waals surface area contributed by atoms with E-state index in [0.29, 0.717) is 6.54 Å². The van der Waals surface area contributed by atoms with Crippen LogP contribution in [0.4, 0.5) is 0 Å². The molecule has 2 saturated heterocycles. The smallest absolute Gasteiger partial charge is 0.249 e. The summed E-state index contributed by atoms with van der Waals surface area (Å²) in [7, 11) is 3.28. The van der Waals surface area contributed by atoms with Crippen molar-refractivity contribution in [2.75, 3.05) is 20.6 Å². The van der Waals surface area contributed by atoms with Crippen molar-refractivity contribution >= 4 is 0 Å². The number of rotatable bonds is 6. The van der Waals surface area contributed by atoms with Gasteiger partial charge in [0.25, 0.3) is 0 Å². The number of nitrogens with one attached hydrogen (secondary N) is 3. The highest BCUT2D eigenvalue weighted by molar-refractivity contribution is 5.13. The summed E-state index contributed by atoms with van der Waals surface area (Å²) >= 11 is 0. The molecule has 180 valence electrons. The molecule has 1 saturated carbocycles. The molecule has 3 aliphatic rings. The van der Waals surface area contributed by atoms with E-state index in [9.17, 15) is 20.4 Å². The van der Waals surface area contributed by atoms with Gasteiger partial charge in [-0.25, -0.2) is 0 Å². The van der Waals surface area contributed by atoms with Crippen molar-refractivity contribution in [2.24, 2.45) is 0 Å². The number of ether oxygens (including phenoxy) is 3. The molecular weight excluding hydrogens is 420 g/mol. The Morgan fingerprint density at radius 1 is 1.09 bits per heavy atom. The molecule has 11 nitrogen and oxygen atoms in total. The minimum atomic E-state index is -2.22.